The van der Waals surface area contributed by atoms with E-state index in [9.17, 15) is 14.4 Å². The lowest BCUT2D eigenvalue weighted by Gasteiger charge is -2.18. The molecule has 2 unspecified atom stereocenters. The number of hydrogen-bond acceptors (Lipinski definition) is 4. The number of nitrogens with zero attached hydrogens (tertiary/aromatic N) is 1. The van der Waals surface area contributed by atoms with Crippen molar-refractivity contribution < 1.29 is 19.1 Å². The molecular formula is C23H24BrNO4. The number of ether oxygens (including phenoxy) is 1. The van der Waals surface area contributed by atoms with Gasteiger partial charge in [0.15, 0.2) is 12.4 Å². The molecular weight excluding hydrogens is 434 g/mol. The fraction of sp³-hybridized carbons (Fsp3) is 0.348. The Bertz CT molecular complexity index is 892. The highest BCUT2D eigenvalue weighted by Crippen LogP contribution is 2.28. The van der Waals surface area contributed by atoms with Gasteiger partial charge in [0.25, 0.3) is 0 Å². The third-order valence-electron chi connectivity index (χ3n) is 5.36. The van der Waals surface area contributed by atoms with Crippen LogP contribution in [0.3, 0.4) is 0 Å². The second kappa shape index (κ2) is 9.35. The monoisotopic (exact) mass is 457 g/mol. The summed E-state index contributed by atoms with van der Waals surface area (Å²) >= 11 is 3.31. The van der Waals surface area contributed by atoms with Gasteiger partial charge in [-0.25, -0.2) is 0 Å². The van der Waals surface area contributed by atoms with E-state index in [0.29, 0.717) is 11.5 Å². The fourth-order valence-electron chi connectivity index (χ4n) is 3.31. The van der Waals surface area contributed by atoms with E-state index >= 15 is 0 Å². The largest absolute Gasteiger partial charge is 0.457 e. The molecule has 152 valence electrons. The first kappa shape index (κ1) is 21.2. The summed E-state index contributed by atoms with van der Waals surface area (Å²) in [7, 11) is 0. The first-order chi connectivity index (χ1) is 13.9. The number of esters is 1. The van der Waals surface area contributed by atoms with Crippen LogP contribution in [0.15, 0.2) is 53.0 Å². The first-order valence-electron chi connectivity index (χ1n) is 9.74. The van der Waals surface area contributed by atoms with E-state index in [1.54, 1.807) is 29.2 Å². The van der Waals surface area contributed by atoms with E-state index in [-0.39, 0.29) is 31.3 Å². The predicted octanol–water partition coefficient (Wildman–Crippen LogP) is 4.74. The molecule has 3 rings (SSSR count). The molecule has 29 heavy (non-hydrogen) atoms. The van der Waals surface area contributed by atoms with Gasteiger partial charge in [-0.3, -0.25) is 14.4 Å². The van der Waals surface area contributed by atoms with Crippen molar-refractivity contribution in [2.24, 2.45) is 5.92 Å². The van der Waals surface area contributed by atoms with Crippen molar-refractivity contribution >= 4 is 39.3 Å². The van der Waals surface area contributed by atoms with Crippen LogP contribution in [-0.2, 0) is 14.3 Å². The number of benzene rings is 2. The quantitative estimate of drug-likeness (QED) is 0.444. The Morgan fingerprint density at radius 2 is 1.79 bits per heavy atom. The summed E-state index contributed by atoms with van der Waals surface area (Å²) < 4.78 is 6.06. The summed E-state index contributed by atoms with van der Waals surface area (Å²) in [6.07, 6.45) is 1.15. The van der Waals surface area contributed by atoms with E-state index in [1.165, 1.54) is 5.56 Å². The maximum Gasteiger partial charge on any atom is 0.311 e. The lowest BCUT2D eigenvalue weighted by atomic mass is 9.98. The van der Waals surface area contributed by atoms with Crippen molar-refractivity contribution in [3.63, 3.8) is 0 Å². The zero-order valence-electron chi connectivity index (χ0n) is 16.6. The van der Waals surface area contributed by atoms with Gasteiger partial charge < -0.3 is 9.64 Å². The van der Waals surface area contributed by atoms with Crippen LogP contribution in [0.5, 0.6) is 0 Å². The molecule has 0 saturated carbocycles. The maximum absolute atomic E-state index is 12.4. The molecule has 0 radical (unpaired) electrons. The highest BCUT2D eigenvalue weighted by molar-refractivity contribution is 9.10. The molecule has 1 saturated heterocycles. The van der Waals surface area contributed by atoms with E-state index < -0.39 is 11.9 Å². The van der Waals surface area contributed by atoms with Gasteiger partial charge in [0.2, 0.25) is 5.91 Å². The molecule has 5 nitrogen and oxygen atoms in total. The molecule has 2 aromatic carbocycles. The summed E-state index contributed by atoms with van der Waals surface area (Å²) in [5.41, 5.74) is 2.49. The third-order valence-corrected chi connectivity index (χ3v) is 5.88. The molecule has 2 aromatic rings. The molecule has 0 bridgehead atoms. The van der Waals surface area contributed by atoms with Crippen molar-refractivity contribution in [2.75, 3.05) is 18.1 Å². The topological polar surface area (TPSA) is 63.7 Å². The average molecular weight is 458 g/mol. The van der Waals surface area contributed by atoms with Crippen molar-refractivity contribution in [1.29, 1.82) is 0 Å². The minimum absolute atomic E-state index is 0.0957. The Hall–Kier alpha value is -2.47. The number of anilines is 1. The molecule has 1 amide bonds. The molecule has 1 heterocycles. The van der Waals surface area contributed by atoms with Gasteiger partial charge in [0.1, 0.15) is 0 Å². The Labute approximate surface area is 179 Å². The van der Waals surface area contributed by atoms with E-state index in [4.69, 9.17) is 4.74 Å². The first-order valence-corrected chi connectivity index (χ1v) is 10.5. The lowest BCUT2D eigenvalue weighted by Crippen LogP contribution is -2.27. The number of carbonyl (C=O) groups is 3. The minimum Gasteiger partial charge on any atom is -0.457 e. The number of amides is 1. The van der Waals surface area contributed by atoms with Crippen LogP contribution in [0.25, 0.3) is 0 Å². The predicted molar refractivity (Wildman–Crippen MR) is 115 cm³/mol. The zero-order valence-corrected chi connectivity index (χ0v) is 18.1. The van der Waals surface area contributed by atoms with Gasteiger partial charge >= 0.3 is 5.97 Å². The fourth-order valence-corrected chi connectivity index (χ4v) is 3.57. The van der Waals surface area contributed by atoms with Crippen LogP contribution in [0, 0.1) is 5.92 Å². The van der Waals surface area contributed by atoms with Gasteiger partial charge in [0, 0.05) is 28.7 Å². The molecule has 0 spiro atoms. The third kappa shape index (κ3) is 5.12. The van der Waals surface area contributed by atoms with Gasteiger partial charge in [0.05, 0.1) is 5.92 Å². The van der Waals surface area contributed by atoms with Gasteiger partial charge in [-0.2, -0.15) is 0 Å². The minimum atomic E-state index is -0.561. The number of ketones is 1. The lowest BCUT2D eigenvalue weighted by molar-refractivity contribution is -0.147. The smallest absolute Gasteiger partial charge is 0.311 e. The van der Waals surface area contributed by atoms with Crippen molar-refractivity contribution in [2.45, 2.75) is 32.6 Å². The van der Waals surface area contributed by atoms with Crippen LogP contribution in [0.4, 0.5) is 5.69 Å². The normalized spacial score (nSPS) is 17.3. The average Bonchev–Trinajstić information content (AvgIpc) is 3.13. The highest BCUT2D eigenvalue weighted by atomic mass is 79.9. The van der Waals surface area contributed by atoms with Crippen LogP contribution >= 0.6 is 15.9 Å². The van der Waals surface area contributed by atoms with Crippen LogP contribution in [-0.4, -0.2) is 30.8 Å². The summed E-state index contributed by atoms with van der Waals surface area (Å²) in [5, 5.41) is 0. The Kier molecular flexibility index (Phi) is 6.85. The molecule has 6 heteroatoms. The number of Topliss-reactive ketones (excluding diaryl/α,β-unsaturated/α-hetero) is 1. The summed E-state index contributed by atoms with van der Waals surface area (Å²) in [4.78, 5) is 38.6. The van der Waals surface area contributed by atoms with Crippen molar-refractivity contribution in [1.82, 2.24) is 0 Å². The number of halogens is 1. The molecule has 1 fully saturated rings. The Morgan fingerprint density at radius 3 is 2.41 bits per heavy atom. The molecule has 1 aliphatic heterocycles. The second-order valence-electron chi connectivity index (χ2n) is 7.34. The van der Waals surface area contributed by atoms with Crippen LogP contribution in [0.2, 0.25) is 0 Å². The molecule has 1 aliphatic rings. The van der Waals surface area contributed by atoms with E-state index in [0.717, 1.165) is 16.6 Å². The second-order valence-corrected chi connectivity index (χ2v) is 8.26. The van der Waals surface area contributed by atoms with Crippen LogP contribution < -0.4 is 4.90 Å². The Morgan fingerprint density at radius 1 is 1.14 bits per heavy atom. The molecule has 2 atom stereocenters. The van der Waals surface area contributed by atoms with Gasteiger partial charge in [-0.1, -0.05) is 54.0 Å². The van der Waals surface area contributed by atoms with E-state index in [1.807, 2.05) is 24.3 Å². The molecule has 0 N–H and O–H groups in total. The zero-order chi connectivity index (χ0) is 21.0. The SMILES string of the molecule is CCC(C)c1ccc(N2CC(C(=O)OCC(=O)c3ccc(Br)cc3)CC2=O)cc1. The Balaban J connectivity index is 1.57. The number of rotatable bonds is 7. The summed E-state index contributed by atoms with van der Waals surface area (Å²) in [5.74, 6) is -0.989. The van der Waals surface area contributed by atoms with E-state index in [2.05, 4.69) is 29.8 Å². The number of carbonyl (C=O) groups excluding carboxylic acids is 3. The summed E-state index contributed by atoms with van der Waals surface area (Å²) in [6.45, 7) is 4.25. The number of hydrogen-bond donors (Lipinski definition) is 0. The van der Waals surface area contributed by atoms with Gasteiger partial charge in [-0.15, -0.1) is 0 Å². The highest BCUT2D eigenvalue weighted by Gasteiger charge is 2.36. The van der Waals surface area contributed by atoms with Crippen molar-refractivity contribution in [3.05, 3.63) is 64.1 Å². The summed E-state index contributed by atoms with van der Waals surface area (Å²) in [6, 6.07) is 14.8. The van der Waals surface area contributed by atoms with Crippen molar-refractivity contribution in [3.8, 4) is 0 Å². The standard InChI is InChI=1S/C23H24BrNO4/c1-3-15(2)16-6-10-20(11-7-16)25-13-18(12-22(25)27)23(28)29-14-21(26)17-4-8-19(24)9-5-17/h4-11,15,18H,3,12-14H2,1-2H3. The van der Waals surface area contributed by atoms with Gasteiger partial charge in [-0.05, 0) is 42.2 Å². The maximum atomic E-state index is 12.4. The van der Waals surface area contributed by atoms with Crippen LogP contribution in [0.1, 0.15) is 48.5 Å². The molecule has 0 aliphatic carbocycles. The molecule has 0 aromatic heterocycles.